The lowest BCUT2D eigenvalue weighted by atomic mass is 9.91. The first-order valence-electron chi connectivity index (χ1n) is 15.1. The molecule has 3 aliphatic rings. The van der Waals surface area contributed by atoms with Gasteiger partial charge in [0.15, 0.2) is 6.10 Å². The second kappa shape index (κ2) is 12.8. The van der Waals surface area contributed by atoms with Crippen LogP contribution in [-0.4, -0.2) is 72.2 Å². The highest BCUT2D eigenvalue weighted by atomic mass is 32.2. The molecule has 7 N–H and O–H groups in total. The number of rotatable bonds is 13. The summed E-state index contributed by atoms with van der Waals surface area (Å²) in [5, 5.41) is 35.7. The summed E-state index contributed by atoms with van der Waals surface area (Å²) in [5.74, 6) is -1.55. The summed E-state index contributed by atoms with van der Waals surface area (Å²) in [4.78, 5) is 55.1. The van der Waals surface area contributed by atoms with Gasteiger partial charge in [-0.15, -0.1) is 0 Å². The summed E-state index contributed by atoms with van der Waals surface area (Å²) in [6.45, 7) is 11.4. The van der Waals surface area contributed by atoms with Crippen LogP contribution in [0.15, 0.2) is 29.5 Å². The highest BCUT2D eigenvalue weighted by Gasteiger charge is 2.45. The van der Waals surface area contributed by atoms with Gasteiger partial charge in [0.1, 0.15) is 0 Å². The molecule has 240 valence electrons. The molecule has 2 amide bonds. The highest BCUT2D eigenvalue weighted by Crippen LogP contribution is 2.46. The van der Waals surface area contributed by atoms with E-state index in [0.29, 0.717) is 34.9 Å². The fourth-order valence-corrected chi connectivity index (χ4v) is 7.56. The van der Waals surface area contributed by atoms with E-state index in [4.69, 9.17) is 0 Å². The van der Waals surface area contributed by atoms with Crippen molar-refractivity contribution in [1.82, 2.24) is 20.6 Å². The number of carboxylic acid groups (broad SMARTS) is 2. The molecule has 11 nitrogen and oxygen atoms in total. The molecule has 0 aromatic carbocycles. The number of hydrogen-bond donors (Lipinski definition) is 7. The van der Waals surface area contributed by atoms with Crippen molar-refractivity contribution in [3.63, 3.8) is 0 Å². The van der Waals surface area contributed by atoms with E-state index in [2.05, 4.69) is 27.2 Å². The molecule has 5 rings (SSSR count). The van der Waals surface area contributed by atoms with Gasteiger partial charge in [-0.05, 0) is 61.1 Å². The Morgan fingerprint density at radius 3 is 2.36 bits per heavy atom. The zero-order chi connectivity index (χ0) is 32.7. The number of thioether (sulfide) groups is 1. The number of aliphatic hydroxyl groups is 1. The average molecular weight is 637 g/mol. The predicted octanol–water partition coefficient (Wildman–Crippen LogP) is 2.94. The number of H-pyrrole nitrogens is 2. The molecule has 2 aromatic heterocycles. The zero-order valence-corrected chi connectivity index (χ0v) is 26.7. The first kappa shape index (κ1) is 32.4. The minimum atomic E-state index is -1.62. The maximum absolute atomic E-state index is 12.6. The van der Waals surface area contributed by atoms with Crippen LogP contribution in [0.5, 0.6) is 0 Å². The van der Waals surface area contributed by atoms with Gasteiger partial charge in [0, 0.05) is 82.6 Å². The van der Waals surface area contributed by atoms with E-state index in [-0.39, 0.29) is 49.0 Å². The molecule has 5 atom stereocenters. The fraction of sp³-hybridized carbons (Fsp3) is 0.455. The van der Waals surface area contributed by atoms with E-state index in [9.17, 15) is 34.5 Å². The number of aromatic amines is 2. The molecule has 2 fully saturated rings. The minimum absolute atomic E-state index is 0.0223. The molecule has 0 radical (unpaired) electrons. The van der Waals surface area contributed by atoms with Crippen LogP contribution in [-0.2, 0) is 44.9 Å². The van der Waals surface area contributed by atoms with Crippen molar-refractivity contribution in [1.29, 1.82) is 0 Å². The van der Waals surface area contributed by atoms with Crippen molar-refractivity contribution in [3.05, 3.63) is 74.5 Å². The van der Waals surface area contributed by atoms with Gasteiger partial charge >= 0.3 is 11.9 Å². The highest BCUT2D eigenvalue weighted by molar-refractivity contribution is 8.06. The molecular weight excluding hydrogens is 596 g/mol. The van der Waals surface area contributed by atoms with Crippen molar-refractivity contribution < 1.29 is 34.5 Å². The van der Waals surface area contributed by atoms with Crippen molar-refractivity contribution in [2.75, 3.05) is 5.75 Å². The van der Waals surface area contributed by atoms with Crippen molar-refractivity contribution in [2.45, 2.75) is 77.2 Å². The Morgan fingerprint density at radius 2 is 1.76 bits per heavy atom. The van der Waals surface area contributed by atoms with Gasteiger partial charge < -0.3 is 35.9 Å². The van der Waals surface area contributed by atoms with Crippen LogP contribution in [0.1, 0.15) is 65.3 Å². The van der Waals surface area contributed by atoms with Crippen LogP contribution in [0.3, 0.4) is 0 Å². The molecular formula is C33H40N4O7S. The van der Waals surface area contributed by atoms with Gasteiger partial charge in [-0.25, -0.2) is 4.79 Å². The number of amides is 2. The summed E-state index contributed by atoms with van der Waals surface area (Å²) in [6.07, 6.45) is 2.72. The summed E-state index contributed by atoms with van der Waals surface area (Å²) in [7, 11) is 0. The molecule has 5 heterocycles. The Morgan fingerprint density at radius 1 is 1.07 bits per heavy atom. The topological polar surface area (TPSA) is 185 Å². The van der Waals surface area contributed by atoms with E-state index < -0.39 is 18.0 Å². The average Bonchev–Trinajstić information content (AvgIpc) is 3.56. The Kier molecular flexibility index (Phi) is 9.18. The monoisotopic (exact) mass is 636 g/mol. The van der Waals surface area contributed by atoms with Crippen molar-refractivity contribution in [2.24, 2.45) is 11.8 Å². The second-order valence-electron chi connectivity index (χ2n) is 12.2. The molecule has 0 aliphatic carbocycles. The van der Waals surface area contributed by atoms with E-state index in [1.807, 2.05) is 45.5 Å². The van der Waals surface area contributed by atoms with Gasteiger partial charge in [-0.3, -0.25) is 14.4 Å². The van der Waals surface area contributed by atoms with Crippen molar-refractivity contribution >= 4 is 41.6 Å². The number of allylic oxidation sites excluding steroid dienone is 1. The fourth-order valence-electron chi connectivity index (χ4n) is 6.65. The van der Waals surface area contributed by atoms with Gasteiger partial charge in [0.2, 0.25) is 5.91 Å². The quantitative estimate of drug-likeness (QED) is 0.164. The molecule has 0 spiro atoms. The third-order valence-corrected chi connectivity index (χ3v) is 10.5. The second-order valence-corrected chi connectivity index (χ2v) is 13.5. The lowest BCUT2D eigenvalue weighted by molar-refractivity contribution is -0.146. The molecule has 0 unspecified atom stereocenters. The van der Waals surface area contributed by atoms with E-state index in [1.165, 1.54) is 0 Å². The van der Waals surface area contributed by atoms with Crippen LogP contribution in [0.2, 0.25) is 0 Å². The zero-order valence-electron chi connectivity index (χ0n) is 25.9. The van der Waals surface area contributed by atoms with E-state index >= 15 is 0 Å². The first-order valence-corrected chi connectivity index (χ1v) is 16.2. The van der Waals surface area contributed by atoms with Crippen LogP contribution >= 0.6 is 11.8 Å². The number of nitrogens with one attached hydrogen (secondary N) is 4. The van der Waals surface area contributed by atoms with Gasteiger partial charge in [0.05, 0.1) is 6.04 Å². The third-order valence-electron chi connectivity index (χ3n) is 9.45. The van der Waals surface area contributed by atoms with Crippen LogP contribution < -0.4 is 10.6 Å². The predicted molar refractivity (Wildman–Crippen MR) is 171 cm³/mol. The van der Waals surface area contributed by atoms with E-state index in [1.54, 1.807) is 6.08 Å². The van der Waals surface area contributed by atoms with Gasteiger partial charge in [-0.2, -0.15) is 11.8 Å². The molecule has 2 saturated heterocycles. The molecule has 0 bridgehead atoms. The SMILES string of the molecule is C=CC1=C(C)[C@@H](Cc2[nH]c(Cc3[nH]c(/C=C4\NC(=O)[C@H](C)[C@H]4[C@H]4CS4)c(C)c3C[C@@H](O)C(=O)O)c(CCC(=O)O)c2C)NC1=O. The number of aliphatic hydroxyl groups excluding tert-OH is 1. The summed E-state index contributed by atoms with van der Waals surface area (Å²) < 4.78 is 0. The van der Waals surface area contributed by atoms with E-state index in [0.717, 1.165) is 50.8 Å². The van der Waals surface area contributed by atoms with Gasteiger partial charge in [0.25, 0.3) is 5.91 Å². The molecule has 45 heavy (non-hydrogen) atoms. The third kappa shape index (κ3) is 6.53. The maximum atomic E-state index is 12.6. The van der Waals surface area contributed by atoms with Crippen LogP contribution in [0.4, 0.5) is 0 Å². The number of carbonyl (C=O) groups is 4. The summed E-state index contributed by atoms with van der Waals surface area (Å²) in [5.41, 5.74) is 8.51. The molecule has 12 heteroatoms. The Hall–Kier alpha value is -4.03. The first-order chi connectivity index (χ1) is 21.3. The summed E-state index contributed by atoms with van der Waals surface area (Å²) in [6, 6.07) is -0.239. The van der Waals surface area contributed by atoms with Gasteiger partial charge in [-0.1, -0.05) is 19.6 Å². The van der Waals surface area contributed by atoms with Crippen LogP contribution in [0, 0.1) is 25.7 Å². The Balaban J connectivity index is 1.53. The molecule has 2 aromatic rings. The molecule has 3 aliphatic heterocycles. The van der Waals surface area contributed by atoms with Crippen LogP contribution in [0.25, 0.3) is 6.08 Å². The normalized spacial score (nSPS) is 24.2. The number of aliphatic carboxylic acids is 2. The largest absolute Gasteiger partial charge is 0.481 e. The number of hydrogen-bond acceptors (Lipinski definition) is 6. The number of carbonyl (C=O) groups excluding carboxylic acids is 2. The maximum Gasteiger partial charge on any atom is 0.332 e. The lowest BCUT2D eigenvalue weighted by Crippen LogP contribution is -2.30. The number of aromatic nitrogens is 2. The summed E-state index contributed by atoms with van der Waals surface area (Å²) >= 11 is 1.82. The smallest absolute Gasteiger partial charge is 0.332 e. The minimum Gasteiger partial charge on any atom is -0.481 e. The lowest BCUT2D eigenvalue weighted by Gasteiger charge is -2.12. The van der Waals surface area contributed by atoms with Crippen molar-refractivity contribution in [3.8, 4) is 0 Å². The Labute approximate surface area is 265 Å². The standard InChI is InChI=1S/C33H40N4O7S/c1-6-18-14(2)23(36-32(18)42)10-21-15(3)19(7-8-29(39)40)24(34-21)12-25-20(9-27(38)33(43)44)16(4)22(35-25)11-26-30(28-13-45-28)17(5)31(41)37-26/h6,11,17,23,27-28,30,34-35,38H,1,7-10,12-13H2,2-5H3,(H,36,42)(H,37,41)(H,39,40)(H,43,44)/b26-11-/t17-,23-,27-,28-,30-/m1/s1. The Bertz CT molecular complexity index is 1640. The number of carboxylic acids is 2. The molecule has 0 saturated carbocycles.